The van der Waals surface area contributed by atoms with Gasteiger partial charge in [-0.25, -0.2) is 9.46 Å². The van der Waals surface area contributed by atoms with Crippen molar-refractivity contribution >= 4 is 14.4 Å². The Morgan fingerprint density at radius 3 is 2.04 bits per heavy atom. The molecule has 17 heteroatoms. The van der Waals surface area contributed by atoms with E-state index in [1.54, 1.807) is 21.1 Å². The van der Waals surface area contributed by atoms with Crippen LogP contribution in [0.4, 0.5) is 13.2 Å². The van der Waals surface area contributed by atoms with E-state index in [4.69, 9.17) is 28.0 Å². The number of hydrogen-bond acceptors (Lipinski definition) is 10. The molecule has 3 aromatic carbocycles. The van der Waals surface area contributed by atoms with E-state index in [-0.39, 0.29) is 19.6 Å². The lowest BCUT2D eigenvalue weighted by atomic mass is 9.80. The Labute approximate surface area is 323 Å². The first-order valence-corrected chi connectivity index (χ1v) is 19.1. The van der Waals surface area contributed by atoms with E-state index in [0.29, 0.717) is 30.2 Å². The van der Waals surface area contributed by atoms with E-state index in [0.717, 1.165) is 16.7 Å². The van der Waals surface area contributed by atoms with Crippen LogP contribution in [-0.4, -0.2) is 85.6 Å². The molecular formula is C39H46F3N4O9P. The average Bonchev–Trinajstić information content (AvgIpc) is 3.60. The fraction of sp³-hybridized carbons (Fsp3) is 0.410. The number of amides is 1. The highest BCUT2D eigenvalue weighted by Gasteiger charge is 2.45. The van der Waals surface area contributed by atoms with E-state index in [2.05, 4.69) is 4.98 Å². The Kier molecular flexibility index (Phi) is 14.5. The number of halogens is 3. The van der Waals surface area contributed by atoms with E-state index in [1.807, 2.05) is 103 Å². The number of rotatable bonds is 18. The molecule has 1 aromatic heterocycles. The monoisotopic (exact) mass is 802 g/mol. The molecule has 1 fully saturated rings. The molecule has 4 aromatic rings. The first-order valence-electron chi connectivity index (χ1n) is 18.0. The van der Waals surface area contributed by atoms with Gasteiger partial charge in [-0.15, -0.1) is 0 Å². The first kappa shape index (κ1) is 42.6. The zero-order valence-electron chi connectivity index (χ0n) is 31.7. The molecule has 1 aliphatic heterocycles. The Morgan fingerprint density at radius 1 is 0.929 bits per heavy atom. The molecule has 1 unspecified atom stereocenters. The summed E-state index contributed by atoms with van der Waals surface area (Å²) in [6.45, 7) is 5.51. The normalized spacial score (nSPS) is 17.8. The molecule has 2 N–H and O–H groups in total. The SMILES string of the molecule is CCN(CC)P(OCCNC(=O)C(F)(F)F)O[C@H]1C[C@H](n2cc(C)c(=O)[nH]c2=O)O[C@@H]1COC(c1ccccc1)(c1ccc(OC)cc1)c1ccc(OC)cc1. The lowest BCUT2D eigenvalue weighted by molar-refractivity contribution is -0.173. The van der Waals surface area contributed by atoms with Gasteiger partial charge in [-0.05, 0) is 47.9 Å². The molecular weight excluding hydrogens is 756 g/mol. The number of aromatic nitrogens is 2. The zero-order chi connectivity index (χ0) is 40.5. The summed E-state index contributed by atoms with van der Waals surface area (Å²) in [5.41, 5.74) is 0.191. The Morgan fingerprint density at radius 2 is 1.50 bits per heavy atom. The molecule has 0 bridgehead atoms. The number of nitrogens with one attached hydrogen (secondary N) is 2. The van der Waals surface area contributed by atoms with E-state index >= 15 is 0 Å². The van der Waals surface area contributed by atoms with Crippen molar-refractivity contribution in [3.8, 4) is 11.5 Å². The number of benzene rings is 3. The number of nitrogens with zero attached hydrogens (tertiary/aromatic N) is 2. The summed E-state index contributed by atoms with van der Waals surface area (Å²) < 4.78 is 78.9. The minimum atomic E-state index is -5.03. The van der Waals surface area contributed by atoms with Crippen LogP contribution in [0.1, 0.15) is 48.8 Å². The van der Waals surface area contributed by atoms with Crippen molar-refractivity contribution in [3.05, 3.63) is 128 Å². The van der Waals surface area contributed by atoms with Gasteiger partial charge in [-0.2, -0.15) is 13.2 Å². The molecule has 0 saturated carbocycles. The van der Waals surface area contributed by atoms with Gasteiger partial charge in [0.1, 0.15) is 29.4 Å². The average molecular weight is 803 g/mol. The number of methoxy groups -OCH3 is 2. The highest BCUT2D eigenvalue weighted by molar-refractivity contribution is 7.44. The maximum Gasteiger partial charge on any atom is 0.471 e. The summed E-state index contributed by atoms with van der Waals surface area (Å²) >= 11 is 0. The largest absolute Gasteiger partial charge is 0.497 e. The summed E-state index contributed by atoms with van der Waals surface area (Å²) in [7, 11) is 1.25. The Balaban J connectivity index is 1.54. The van der Waals surface area contributed by atoms with Crippen molar-refractivity contribution < 1.29 is 46.0 Å². The van der Waals surface area contributed by atoms with Gasteiger partial charge in [0.25, 0.3) is 14.1 Å². The fourth-order valence-corrected chi connectivity index (χ4v) is 7.87. The number of aryl methyl sites for hydroxylation is 1. The first-order chi connectivity index (χ1) is 26.8. The van der Waals surface area contributed by atoms with E-state index in [1.165, 1.54) is 10.8 Å². The van der Waals surface area contributed by atoms with Crippen LogP contribution in [0.25, 0.3) is 0 Å². The lowest BCUT2D eigenvalue weighted by Crippen LogP contribution is -2.39. The van der Waals surface area contributed by atoms with Gasteiger partial charge in [0, 0.05) is 37.8 Å². The third kappa shape index (κ3) is 9.86. The number of alkyl halides is 3. The molecule has 302 valence electrons. The van der Waals surface area contributed by atoms with Gasteiger partial charge in [0.15, 0.2) is 0 Å². The van der Waals surface area contributed by atoms with Crippen LogP contribution in [0.5, 0.6) is 11.5 Å². The van der Waals surface area contributed by atoms with Crippen LogP contribution < -0.4 is 26.0 Å². The molecule has 4 atom stereocenters. The van der Waals surface area contributed by atoms with Crippen LogP contribution in [0.3, 0.4) is 0 Å². The Bertz CT molecular complexity index is 1950. The second kappa shape index (κ2) is 19.0. The third-order valence-corrected chi connectivity index (χ3v) is 11.2. The maximum atomic E-state index is 13.1. The topological polar surface area (TPSA) is 143 Å². The third-order valence-electron chi connectivity index (χ3n) is 9.31. The number of carbonyl (C=O) groups is 1. The molecule has 2 heterocycles. The minimum absolute atomic E-state index is 0.0890. The minimum Gasteiger partial charge on any atom is -0.497 e. The Hall–Kier alpha value is -4.57. The second-order valence-electron chi connectivity index (χ2n) is 12.8. The fourth-order valence-electron chi connectivity index (χ4n) is 6.35. The molecule has 5 rings (SSSR count). The van der Waals surface area contributed by atoms with Crippen molar-refractivity contribution in [2.75, 3.05) is 47.1 Å². The van der Waals surface area contributed by atoms with Crippen LogP contribution in [0, 0.1) is 6.92 Å². The summed E-state index contributed by atoms with van der Waals surface area (Å²) in [5, 5.41) is 1.82. The standard InChI is InChI=1S/C39H46F3N4O9P/c1-6-45(7-2)56(53-22-21-43-36(48)39(40,41)42)55-32-23-34(46-24-26(3)35(47)44-37(46)49)54-33(32)25-52-38(27-11-9-8-10-12-27,28-13-17-30(50-4)18-14-28)29-15-19-31(51-5)20-16-29/h8-20,24,32-34H,6-7,21-23,25H2,1-5H3,(H,43,48)(H,44,47,49)/t32-,33+,34+,56?/m0/s1. The number of hydrogen-bond donors (Lipinski definition) is 2. The van der Waals surface area contributed by atoms with Crippen LogP contribution in [0.15, 0.2) is 94.6 Å². The van der Waals surface area contributed by atoms with E-state index < -0.39 is 62.4 Å². The van der Waals surface area contributed by atoms with Crippen LogP contribution >= 0.6 is 8.53 Å². The second-order valence-corrected chi connectivity index (χ2v) is 14.3. The van der Waals surface area contributed by atoms with Gasteiger partial charge in [0.2, 0.25) is 0 Å². The maximum absolute atomic E-state index is 13.1. The summed E-state index contributed by atoms with van der Waals surface area (Å²) in [5.74, 6) is -0.786. The molecule has 1 aliphatic rings. The van der Waals surface area contributed by atoms with Gasteiger partial charge in [0.05, 0.1) is 33.5 Å². The van der Waals surface area contributed by atoms with Gasteiger partial charge < -0.3 is 33.3 Å². The number of H-pyrrole nitrogens is 1. The molecule has 0 aliphatic carbocycles. The van der Waals surface area contributed by atoms with Crippen molar-refractivity contribution in [1.82, 2.24) is 19.5 Å². The van der Waals surface area contributed by atoms with E-state index in [9.17, 15) is 27.6 Å². The van der Waals surface area contributed by atoms with Gasteiger partial charge in [-0.3, -0.25) is 19.1 Å². The van der Waals surface area contributed by atoms with Gasteiger partial charge in [-0.1, -0.05) is 68.4 Å². The van der Waals surface area contributed by atoms with Crippen molar-refractivity contribution in [2.45, 2.75) is 57.4 Å². The summed E-state index contributed by atoms with van der Waals surface area (Å²) in [6, 6.07) is 24.6. The molecule has 13 nitrogen and oxygen atoms in total. The van der Waals surface area contributed by atoms with Crippen LogP contribution in [0.2, 0.25) is 0 Å². The molecule has 1 saturated heterocycles. The number of ether oxygens (including phenoxy) is 4. The summed E-state index contributed by atoms with van der Waals surface area (Å²) in [6.07, 6.45) is -6.01. The van der Waals surface area contributed by atoms with Crippen LogP contribution in [-0.2, 0) is 28.9 Å². The highest BCUT2D eigenvalue weighted by atomic mass is 31.2. The van der Waals surface area contributed by atoms with Gasteiger partial charge >= 0.3 is 17.8 Å². The summed E-state index contributed by atoms with van der Waals surface area (Å²) in [4.78, 5) is 39.1. The predicted molar refractivity (Wildman–Crippen MR) is 203 cm³/mol. The van der Waals surface area contributed by atoms with Crippen molar-refractivity contribution in [2.24, 2.45) is 0 Å². The quantitative estimate of drug-likeness (QED) is 0.0720. The lowest BCUT2D eigenvalue weighted by Gasteiger charge is -2.37. The zero-order valence-corrected chi connectivity index (χ0v) is 32.6. The van der Waals surface area contributed by atoms with Crippen molar-refractivity contribution in [3.63, 3.8) is 0 Å². The molecule has 1 amide bonds. The highest BCUT2D eigenvalue weighted by Crippen LogP contribution is 2.48. The molecule has 56 heavy (non-hydrogen) atoms. The molecule has 0 radical (unpaired) electrons. The number of carbonyl (C=O) groups excluding carboxylic acids is 1. The van der Waals surface area contributed by atoms with Crippen molar-refractivity contribution in [1.29, 1.82) is 0 Å². The number of aromatic amines is 1. The predicted octanol–water partition coefficient (Wildman–Crippen LogP) is 5.81. The smallest absolute Gasteiger partial charge is 0.471 e. The molecule has 0 spiro atoms.